The summed E-state index contributed by atoms with van der Waals surface area (Å²) in [7, 11) is 0. The summed E-state index contributed by atoms with van der Waals surface area (Å²) in [5, 5.41) is 2.91. The molecule has 1 saturated carbocycles. The molecule has 1 aliphatic carbocycles. The summed E-state index contributed by atoms with van der Waals surface area (Å²) in [4.78, 5) is 10.9. The van der Waals surface area contributed by atoms with Crippen LogP contribution < -0.4 is 5.32 Å². The van der Waals surface area contributed by atoms with E-state index in [0.29, 0.717) is 0 Å². The molecule has 13 heavy (non-hydrogen) atoms. The van der Waals surface area contributed by atoms with Crippen molar-refractivity contribution >= 4 is 5.91 Å². The normalized spacial score (nSPS) is 28.2. The molecular formula is C10H17NO2. The van der Waals surface area contributed by atoms with E-state index in [1.807, 2.05) is 0 Å². The van der Waals surface area contributed by atoms with Gasteiger partial charge in [0, 0.05) is 6.54 Å². The number of ether oxygens (including phenoxy) is 1. The van der Waals surface area contributed by atoms with Crippen LogP contribution in [-0.2, 0) is 9.53 Å². The van der Waals surface area contributed by atoms with E-state index >= 15 is 0 Å². The fourth-order valence-electron chi connectivity index (χ4n) is 2.27. The minimum Gasteiger partial charge on any atom is -0.363 e. The number of nitrogens with one attached hydrogen (secondary N) is 1. The molecule has 3 heteroatoms. The monoisotopic (exact) mass is 183 g/mol. The predicted molar refractivity (Wildman–Crippen MR) is 49.4 cm³/mol. The van der Waals surface area contributed by atoms with Crippen molar-refractivity contribution < 1.29 is 9.53 Å². The first-order chi connectivity index (χ1) is 6.31. The van der Waals surface area contributed by atoms with Gasteiger partial charge in [0.05, 0.1) is 5.60 Å². The molecule has 2 aliphatic rings. The Morgan fingerprint density at radius 2 is 1.85 bits per heavy atom. The topological polar surface area (TPSA) is 38.3 Å². The van der Waals surface area contributed by atoms with Crippen LogP contribution in [0.15, 0.2) is 0 Å². The summed E-state index contributed by atoms with van der Waals surface area (Å²) in [5.74, 6) is 0.0369. The molecule has 3 nitrogen and oxygen atoms in total. The van der Waals surface area contributed by atoms with E-state index in [1.54, 1.807) is 0 Å². The lowest BCUT2D eigenvalue weighted by molar-refractivity contribution is -0.145. The SMILES string of the molecule is O=C1COC2(CCCCCC2)CN1. The summed E-state index contributed by atoms with van der Waals surface area (Å²) in [6.45, 7) is 0.992. The van der Waals surface area contributed by atoms with Crippen molar-refractivity contribution in [1.29, 1.82) is 0 Å². The van der Waals surface area contributed by atoms with Crippen LogP contribution in [0, 0.1) is 0 Å². The van der Waals surface area contributed by atoms with Crippen LogP contribution in [0.1, 0.15) is 38.5 Å². The molecular weight excluding hydrogens is 166 g/mol. The molecule has 1 aliphatic heterocycles. The van der Waals surface area contributed by atoms with Gasteiger partial charge in [-0.2, -0.15) is 0 Å². The molecule has 1 heterocycles. The van der Waals surface area contributed by atoms with Crippen LogP contribution in [0.3, 0.4) is 0 Å². The lowest BCUT2D eigenvalue weighted by atomic mass is 9.93. The minimum absolute atomic E-state index is 0.00951. The maximum atomic E-state index is 10.9. The zero-order valence-corrected chi connectivity index (χ0v) is 7.97. The van der Waals surface area contributed by atoms with Crippen molar-refractivity contribution in [2.45, 2.75) is 44.1 Å². The van der Waals surface area contributed by atoms with Crippen molar-refractivity contribution in [2.24, 2.45) is 0 Å². The van der Waals surface area contributed by atoms with Gasteiger partial charge in [-0.05, 0) is 12.8 Å². The van der Waals surface area contributed by atoms with Gasteiger partial charge in [-0.3, -0.25) is 4.79 Å². The molecule has 0 unspecified atom stereocenters. The summed E-state index contributed by atoms with van der Waals surface area (Å²) >= 11 is 0. The van der Waals surface area contributed by atoms with Crippen LogP contribution in [0.5, 0.6) is 0 Å². The average molecular weight is 183 g/mol. The van der Waals surface area contributed by atoms with E-state index in [4.69, 9.17) is 4.74 Å². The first kappa shape index (κ1) is 9.00. The molecule has 0 atom stereocenters. The maximum Gasteiger partial charge on any atom is 0.246 e. The van der Waals surface area contributed by atoms with Gasteiger partial charge in [0.1, 0.15) is 6.61 Å². The molecule has 2 fully saturated rings. The highest BCUT2D eigenvalue weighted by Crippen LogP contribution is 2.31. The second-order valence-corrected chi connectivity index (χ2v) is 4.16. The first-order valence-corrected chi connectivity index (χ1v) is 5.21. The van der Waals surface area contributed by atoms with Crippen molar-refractivity contribution in [3.63, 3.8) is 0 Å². The Hall–Kier alpha value is -0.570. The zero-order chi connectivity index (χ0) is 9.15. The average Bonchev–Trinajstić information content (AvgIpc) is 2.37. The number of hydrogen-bond donors (Lipinski definition) is 1. The van der Waals surface area contributed by atoms with Crippen LogP contribution in [0.2, 0.25) is 0 Å². The van der Waals surface area contributed by atoms with E-state index in [0.717, 1.165) is 19.4 Å². The second-order valence-electron chi connectivity index (χ2n) is 4.16. The fraction of sp³-hybridized carbons (Fsp3) is 0.900. The van der Waals surface area contributed by atoms with Crippen molar-refractivity contribution in [2.75, 3.05) is 13.2 Å². The summed E-state index contributed by atoms with van der Waals surface area (Å²) in [6.07, 6.45) is 7.37. The number of rotatable bonds is 0. The third-order valence-electron chi connectivity index (χ3n) is 3.13. The zero-order valence-electron chi connectivity index (χ0n) is 7.97. The Balaban J connectivity index is 1.97. The molecule has 0 aromatic rings. The highest BCUT2D eigenvalue weighted by molar-refractivity contribution is 5.78. The van der Waals surface area contributed by atoms with Crippen molar-refractivity contribution in [3.05, 3.63) is 0 Å². The molecule has 74 valence electrons. The summed E-state index contributed by atoms with van der Waals surface area (Å²) in [6, 6.07) is 0. The van der Waals surface area contributed by atoms with Crippen LogP contribution >= 0.6 is 0 Å². The molecule has 1 saturated heterocycles. The molecule has 1 N–H and O–H groups in total. The van der Waals surface area contributed by atoms with Gasteiger partial charge < -0.3 is 10.1 Å². The van der Waals surface area contributed by atoms with Gasteiger partial charge in [0.15, 0.2) is 0 Å². The Morgan fingerprint density at radius 1 is 1.15 bits per heavy atom. The molecule has 1 amide bonds. The number of carbonyl (C=O) groups is 1. The van der Waals surface area contributed by atoms with Gasteiger partial charge in [-0.25, -0.2) is 0 Å². The van der Waals surface area contributed by atoms with E-state index in [9.17, 15) is 4.79 Å². The van der Waals surface area contributed by atoms with E-state index < -0.39 is 0 Å². The standard InChI is InChI=1S/C10H17NO2/c12-9-7-13-10(8-11-9)5-3-1-2-4-6-10/h1-8H2,(H,11,12). The smallest absolute Gasteiger partial charge is 0.246 e. The van der Waals surface area contributed by atoms with Gasteiger partial charge in [-0.15, -0.1) is 0 Å². The van der Waals surface area contributed by atoms with Crippen LogP contribution in [-0.4, -0.2) is 24.7 Å². The van der Waals surface area contributed by atoms with Crippen molar-refractivity contribution in [3.8, 4) is 0 Å². The summed E-state index contributed by atoms with van der Waals surface area (Å²) < 4.78 is 5.69. The molecule has 0 aromatic carbocycles. The van der Waals surface area contributed by atoms with Gasteiger partial charge in [0.25, 0.3) is 0 Å². The number of carbonyl (C=O) groups excluding carboxylic acids is 1. The number of amides is 1. The lowest BCUT2D eigenvalue weighted by Gasteiger charge is -2.36. The molecule has 1 spiro atoms. The predicted octanol–water partition coefficient (Wildman–Crippen LogP) is 1.23. The minimum atomic E-state index is -0.00951. The largest absolute Gasteiger partial charge is 0.363 e. The molecule has 0 bridgehead atoms. The Kier molecular flexibility index (Phi) is 2.54. The van der Waals surface area contributed by atoms with E-state index in [2.05, 4.69) is 5.32 Å². The Bertz CT molecular complexity index is 183. The third kappa shape index (κ3) is 2.02. The van der Waals surface area contributed by atoms with Gasteiger partial charge in [-0.1, -0.05) is 25.7 Å². The molecule has 0 aromatic heterocycles. The molecule has 0 radical (unpaired) electrons. The second kappa shape index (κ2) is 3.66. The van der Waals surface area contributed by atoms with Gasteiger partial charge >= 0.3 is 0 Å². The van der Waals surface area contributed by atoms with Crippen LogP contribution in [0.25, 0.3) is 0 Å². The number of morpholine rings is 1. The quantitative estimate of drug-likeness (QED) is 0.613. The Morgan fingerprint density at radius 3 is 2.38 bits per heavy atom. The van der Waals surface area contributed by atoms with Gasteiger partial charge in [0.2, 0.25) is 5.91 Å². The summed E-state index contributed by atoms with van der Waals surface area (Å²) in [5.41, 5.74) is -0.00951. The van der Waals surface area contributed by atoms with Crippen LogP contribution in [0.4, 0.5) is 0 Å². The fourth-order valence-corrected chi connectivity index (χ4v) is 2.27. The maximum absolute atomic E-state index is 10.9. The third-order valence-corrected chi connectivity index (χ3v) is 3.13. The van der Waals surface area contributed by atoms with E-state index in [-0.39, 0.29) is 18.1 Å². The lowest BCUT2D eigenvalue weighted by Crippen LogP contribution is -2.52. The highest BCUT2D eigenvalue weighted by Gasteiger charge is 2.35. The number of hydrogen-bond acceptors (Lipinski definition) is 2. The van der Waals surface area contributed by atoms with Crippen molar-refractivity contribution in [1.82, 2.24) is 5.32 Å². The highest BCUT2D eigenvalue weighted by atomic mass is 16.5. The molecule has 2 rings (SSSR count). The first-order valence-electron chi connectivity index (χ1n) is 5.21. The van der Waals surface area contributed by atoms with E-state index in [1.165, 1.54) is 25.7 Å². The Labute approximate surface area is 78.8 Å².